The number of hydrazone groups is 1. The molecule has 0 saturated carbocycles. The average Bonchev–Trinajstić information content (AvgIpc) is 2.90. The maximum absolute atomic E-state index is 12.9. The van der Waals surface area contributed by atoms with Gasteiger partial charge in [-0.05, 0) is 43.7 Å². The Bertz CT molecular complexity index is 1160. The number of amides is 2. The van der Waals surface area contributed by atoms with Crippen molar-refractivity contribution < 1.29 is 22.8 Å². The number of fused-ring (bicyclic) bond motifs is 1. The standard InChI is InChI=1S/C23H21F3N4O2/c1-3-13(2)7-16-12-29-30-22(32)18-9-15(10-19(27)20(16)18)21(31)28-11-14-5-4-6-17(8-14)23(24,25)26/h3-10,12H,11,27H2,1-2H3,(H,28,31)(H,30,32)/b13-3+,16-7+. The van der Waals surface area contributed by atoms with E-state index in [9.17, 15) is 22.8 Å². The van der Waals surface area contributed by atoms with Crippen LogP contribution in [0.5, 0.6) is 0 Å². The van der Waals surface area contributed by atoms with Gasteiger partial charge in [0.25, 0.3) is 11.8 Å². The number of nitrogen functional groups attached to an aromatic ring is 1. The van der Waals surface area contributed by atoms with Crippen molar-refractivity contribution in [2.75, 3.05) is 5.73 Å². The topological polar surface area (TPSA) is 96.6 Å². The van der Waals surface area contributed by atoms with Crippen molar-refractivity contribution in [3.63, 3.8) is 0 Å². The Kier molecular flexibility index (Phi) is 6.47. The van der Waals surface area contributed by atoms with Crippen LogP contribution in [0.2, 0.25) is 0 Å². The van der Waals surface area contributed by atoms with Gasteiger partial charge in [-0.1, -0.05) is 29.9 Å². The number of alkyl halides is 3. The normalized spacial score (nSPS) is 15.2. The SMILES string of the molecule is C/C=C(C)/C=C1\C=NNC(=O)c2cc(C(=O)NCc3cccc(C(F)(F)F)c3)cc(N)c21. The van der Waals surface area contributed by atoms with E-state index in [0.717, 1.165) is 17.7 Å². The first-order valence-electron chi connectivity index (χ1n) is 9.66. The number of halogens is 3. The summed E-state index contributed by atoms with van der Waals surface area (Å²) < 4.78 is 38.6. The van der Waals surface area contributed by atoms with Gasteiger partial charge in [0, 0.05) is 28.9 Å². The molecule has 0 saturated heterocycles. The summed E-state index contributed by atoms with van der Waals surface area (Å²) in [5.41, 5.74) is 10.5. The molecule has 2 aromatic carbocycles. The highest BCUT2D eigenvalue weighted by Crippen LogP contribution is 2.30. The predicted molar refractivity (Wildman–Crippen MR) is 117 cm³/mol. The van der Waals surface area contributed by atoms with Crippen LogP contribution in [0.4, 0.5) is 18.9 Å². The number of rotatable bonds is 4. The van der Waals surface area contributed by atoms with Gasteiger partial charge in [0.05, 0.1) is 17.3 Å². The van der Waals surface area contributed by atoms with E-state index in [0.29, 0.717) is 11.1 Å². The molecular weight excluding hydrogens is 421 g/mol. The van der Waals surface area contributed by atoms with Crippen LogP contribution in [0.3, 0.4) is 0 Å². The van der Waals surface area contributed by atoms with Crippen molar-refractivity contribution in [3.8, 4) is 0 Å². The molecule has 1 heterocycles. The number of benzene rings is 2. The van der Waals surface area contributed by atoms with Gasteiger partial charge in [0.15, 0.2) is 0 Å². The summed E-state index contributed by atoms with van der Waals surface area (Å²) in [5, 5.41) is 6.45. The highest BCUT2D eigenvalue weighted by atomic mass is 19.4. The van der Waals surface area contributed by atoms with Gasteiger partial charge in [-0.3, -0.25) is 9.59 Å². The van der Waals surface area contributed by atoms with Gasteiger partial charge < -0.3 is 11.1 Å². The van der Waals surface area contributed by atoms with E-state index in [1.165, 1.54) is 30.5 Å². The lowest BCUT2D eigenvalue weighted by Gasteiger charge is -2.14. The second-order valence-corrected chi connectivity index (χ2v) is 7.20. The van der Waals surface area contributed by atoms with Crippen molar-refractivity contribution >= 4 is 29.3 Å². The van der Waals surface area contributed by atoms with Crippen LogP contribution in [0, 0.1) is 0 Å². The Morgan fingerprint density at radius 1 is 1.25 bits per heavy atom. The minimum atomic E-state index is -4.47. The monoisotopic (exact) mass is 442 g/mol. The number of anilines is 1. The number of allylic oxidation sites excluding steroid dienone is 4. The Morgan fingerprint density at radius 2 is 2.00 bits per heavy atom. The molecule has 0 atom stereocenters. The smallest absolute Gasteiger partial charge is 0.398 e. The first kappa shape index (κ1) is 22.8. The van der Waals surface area contributed by atoms with Gasteiger partial charge in [-0.2, -0.15) is 18.3 Å². The maximum Gasteiger partial charge on any atom is 0.416 e. The number of hydrogen-bond donors (Lipinski definition) is 3. The fourth-order valence-corrected chi connectivity index (χ4v) is 3.16. The average molecular weight is 442 g/mol. The summed E-state index contributed by atoms with van der Waals surface area (Å²) in [6, 6.07) is 7.49. The number of hydrogen-bond acceptors (Lipinski definition) is 4. The predicted octanol–water partition coefficient (Wildman–Crippen LogP) is 4.30. The second-order valence-electron chi connectivity index (χ2n) is 7.20. The molecule has 166 valence electrons. The van der Waals surface area contributed by atoms with Crippen LogP contribution in [-0.2, 0) is 12.7 Å². The van der Waals surface area contributed by atoms with Crippen LogP contribution < -0.4 is 16.5 Å². The Morgan fingerprint density at radius 3 is 2.69 bits per heavy atom. The molecule has 3 rings (SSSR count). The molecule has 6 nitrogen and oxygen atoms in total. The van der Waals surface area contributed by atoms with Crippen molar-refractivity contribution in [1.29, 1.82) is 0 Å². The summed E-state index contributed by atoms with van der Waals surface area (Å²) in [7, 11) is 0. The van der Waals surface area contributed by atoms with Gasteiger partial charge in [-0.25, -0.2) is 5.43 Å². The number of carbonyl (C=O) groups is 2. The third-order valence-electron chi connectivity index (χ3n) is 4.88. The van der Waals surface area contributed by atoms with E-state index in [1.54, 1.807) is 0 Å². The van der Waals surface area contributed by atoms with E-state index in [2.05, 4.69) is 15.8 Å². The van der Waals surface area contributed by atoms with Crippen LogP contribution in [0.15, 0.2) is 59.2 Å². The Balaban J connectivity index is 1.89. The summed E-state index contributed by atoms with van der Waals surface area (Å²) in [5.74, 6) is -1.11. The molecule has 9 heteroatoms. The molecule has 2 aromatic rings. The van der Waals surface area contributed by atoms with Crippen molar-refractivity contribution in [1.82, 2.24) is 10.7 Å². The van der Waals surface area contributed by atoms with Crippen molar-refractivity contribution in [2.45, 2.75) is 26.6 Å². The number of carbonyl (C=O) groups excluding carboxylic acids is 2. The first-order valence-corrected chi connectivity index (χ1v) is 9.66. The van der Waals surface area contributed by atoms with Crippen molar-refractivity contribution in [3.05, 3.63) is 81.9 Å². The molecule has 0 aliphatic carbocycles. The van der Waals surface area contributed by atoms with Gasteiger partial charge in [-0.15, -0.1) is 0 Å². The van der Waals surface area contributed by atoms with Gasteiger partial charge >= 0.3 is 6.18 Å². The molecule has 0 radical (unpaired) electrons. The molecule has 0 fully saturated rings. The zero-order valence-electron chi connectivity index (χ0n) is 17.4. The Hall–Kier alpha value is -3.88. The second kappa shape index (κ2) is 9.09. The van der Waals surface area contributed by atoms with E-state index >= 15 is 0 Å². The van der Waals surface area contributed by atoms with Crippen LogP contribution in [0.25, 0.3) is 5.57 Å². The Labute approximate surface area is 182 Å². The lowest BCUT2D eigenvalue weighted by atomic mass is 9.94. The third kappa shape index (κ3) is 5.05. The zero-order valence-corrected chi connectivity index (χ0v) is 17.4. The van der Waals surface area contributed by atoms with E-state index < -0.39 is 23.6 Å². The molecule has 2 amide bonds. The zero-order chi connectivity index (χ0) is 23.5. The summed E-state index contributed by atoms with van der Waals surface area (Å²) in [6.07, 6.45) is 0.691. The molecule has 32 heavy (non-hydrogen) atoms. The first-order chi connectivity index (χ1) is 15.1. The number of nitrogens with one attached hydrogen (secondary N) is 2. The molecule has 4 N–H and O–H groups in total. The van der Waals surface area contributed by atoms with Crippen molar-refractivity contribution in [2.24, 2.45) is 5.10 Å². The van der Waals surface area contributed by atoms with Gasteiger partial charge in [0.2, 0.25) is 0 Å². The molecule has 0 aromatic heterocycles. The van der Waals surface area contributed by atoms with E-state index in [-0.39, 0.29) is 28.9 Å². The third-order valence-corrected chi connectivity index (χ3v) is 4.88. The lowest BCUT2D eigenvalue weighted by Crippen LogP contribution is -2.25. The number of nitrogens with zero attached hydrogens (tertiary/aromatic N) is 1. The van der Waals surface area contributed by atoms with Crippen LogP contribution in [0.1, 0.15) is 51.3 Å². The lowest BCUT2D eigenvalue weighted by molar-refractivity contribution is -0.137. The van der Waals surface area contributed by atoms with Crippen LogP contribution >= 0.6 is 0 Å². The fraction of sp³-hybridized carbons (Fsp3) is 0.174. The highest BCUT2D eigenvalue weighted by Gasteiger charge is 2.30. The minimum Gasteiger partial charge on any atom is -0.398 e. The molecule has 1 aliphatic rings. The van der Waals surface area contributed by atoms with Gasteiger partial charge in [0.1, 0.15) is 0 Å². The van der Waals surface area contributed by atoms with E-state index in [4.69, 9.17) is 5.73 Å². The highest BCUT2D eigenvalue weighted by molar-refractivity contribution is 6.19. The summed E-state index contributed by atoms with van der Waals surface area (Å²) in [6.45, 7) is 3.62. The summed E-state index contributed by atoms with van der Waals surface area (Å²) in [4.78, 5) is 25.1. The van der Waals surface area contributed by atoms with E-state index in [1.807, 2.05) is 26.0 Å². The molecule has 0 unspecified atom stereocenters. The molecule has 0 bridgehead atoms. The fourth-order valence-electron chi connectivity index (χ4n) is 3.16. The molecular formula is C23H21F3N4O2. The summed E-state index contributed by atoms with van der Waals surface area (Å²) >= 11 is 0. The number of nitrogens with two attached hydrogens (primary N) is 1. The minimum absolute atomic E-state index is 0.104. The molecule has 0 spiro atoms. The van der Waals surface area contributed by atoms with Crippen LogP contribution in [-0.4, -0.2) is 18.0 Å². The molecule has 1 aliphatic heterocycles. The largest absolute Gasteiger partial charge is 0.416 e. The maximum atomic E-state index is 12.9. The quantitative estimate of drug-likeness (QED) is 0.616.